The van der Waals surface area contributed by atoms with Crippen molar-refractivity contribution < 1.29 is 14.1 Å². The van der Waals surface area contributed by atoms with Crippen LogP contribution in [0.4, 0.5) is 0 Å². The van der Waals surface area contributed by atoms with Crippen molar-refractivity contribution >= 4 is 5.78 Å². The smallest absolute Gasteiger partial charge is 0.167 e. The number of hydrogen-bond acceptors (Lipinski definition) is 5. The summed E-state index contributed by atoms with van der Waals surface area (Å²) in [7, 11) is 1.61. The van der Waals surface area contributed by atoms with Gasteiger partial charge in [0.2, 0.25) is 0 Å². The molecule has 3 aromatic rings. The first-order valence-electron chi connectivity index (χ1n) is 8.09. The zero-order chi connectivity index (χ0) is 18.0. The van der Waals surface area contributed by atoms with Gasteiger partial charge in [-0.1, -0.05) is 17.3 Å². The average molecular weight is 339 g/mol. The Hall–Kier alpha value is -2.89. The molecule has 0 radical (unpaired) electrons. The van der Waals surface area contributed by atoms with Gasteiger partial charge in [-0.25, -0.2) is 0 Å². The minimum Gasteiger partial charge on any atom is -0.496 e. The number of rotatable bonds is 6. The maximum atomic E-state index is 12.5. The average Bonchev–Trinajstić information content (AvgIpc) is 3.16. The molecule has 0 spiro atoms. The maximum Gasteiger partial charge on any atom is 0.167 e. The molecule has 1 aromatic carbocycles. The highest BCUT2D eigenvalue weighted by atomic mass is 16.5. The molecule has 25 heavy (non-hydrogen) atoms. The van der Waals surface area contributed by atoms with Crippen molar-refractivity contribution in [1.82, 2.24) is 14.9 Å². The number of Topliss-reactive ketones (excluding diaryl/α,β-unsaturated/α-hetero) is 1. The predicted octanol–water partition coefficient (Wildman–Crippen LogP) is 3.28. The lowest BCUT2D eigenvalue weighted by Gasteiger charge is -2.06. The van der Waals surface area contributed by atoms with Crippen LogP contribution < -0.4 is 4.74 Å². The largest absolute Gasteiger partial charge is 0.496 e. The lowest BCUT2D eigenvalue weighted by atomic mass is 10.0. The van der Waals surface area contributed by atoms with Crippen LogP contribution in [0.5, 0.6) is 5.75 Å². The SMILES string of the molecule is COc1cc(C(=O)Cc2cnn(Cc3c(C)noc3C)c2)ccc1C. The molecule has 6 heteroatoms. The zero-order valence-corrected chi connectivity index (χ0v) is 14.9. The first kappa shape index (κ1) is 17.0. The van der Waals surface area contributed by atoms with Crippen molar-refractivity contribution in [1.29, 1.82) is 0 Å². The number of carbonyl (C=O) groups excluding carboxylic acids is 1. The molecule has 0 saturated heterocycles. The second kappa shape index (κ2) is 6.93. The third-order valence-electron chi connectivity index (χ3n) is 4.28. The summed E-state index contributed by atoms with van der Waals surface area (Å²) in [5.41, 5.74) is 4.39. The van der Waals surface area contributed by atoms with Gasteiger partial charge in [0.15, 0.2) is 5.78 Å². The molecular formula is C19H21N3O3. The Kier molecular flexibility index (Phi) is 4.70. The Morgan fingerprint density at radius 3 is 2.76 bits per heavy atom. The minimum atomic E-state index is 0.0372. The van der Waals surface area contributed by atoms with Crippen LogP contribution >= 0.6 is 0 Å². The number of aryl methyl sites for hydroxylation is 3. The summed E-state index contributed by atoms with van der Waals surface area (Å²) in [6, 6.07) is 5.51. The molecule has 3 rings (SSSR count). The van der Waals surface area contributed by atoms with Crippen LogP contribution in [0.15, 0.2) is 35.1 Å². The van der Waals surface area contributed by atoms with Crippen molar-refractivity contribution in [2.75, 3.05) is 7.11 Å². The number of benzene rings is 1. The van der Waals surface area contributed by atoms with Crippen LogP contribution in [0.1, 0.15) is 38.5 Å². The monoisotopic (exact) mass is 339 g/mol. The quantitative estimate of drug-likeness (QED) is 0.645. The Labute approximate surface area is 146 Å². The van der Waals surface area contributed by atoms with Crippen molar-refractivity contribution in [3.05, 3.63) is 64.3 Å². The summed E-state index contributed by atoms with van der Waals surface area (Å²) in [5.74, 6) is 1.55. The van der Waals surface area contributed by atoms with E-state index in [2.05, 4.69) is 10.3 Å². The Morgan fingerprint density at radius 2 is 2.08 bits per heavy atom. The van der Waals surface area contributed by atoms with E-state index in [4.69, 9.17) is 9.26 Å². The van der Waals surface area contributed by atoms with Crippen LogP contribution in [-0.4, -0.2) is 27.8 Å². The fourth-order valence-corrected chi connectivity index (χ4v) is 2.75. The Balaban J connectivity index is 1.72. The van der Waals surface area contributed by atoms with E-state index >= 15 is 0 Å². The standard InChI is InChI=1S/C19H21N3O3/c1-12-5-6-16(8-19(12)24-4)18(23)7-15-9-20-22(10-15)11-17-13(2)21-25-14(17)3/h5-6,8-10H,7,11H2,1-4H3. The third kappa shape index (κ3) is 3.63. The molecule has 0 saturated carbocycles. The number of methoxy groups -OCH3 is 1. The number of nitrogens with zero attached hydrogens (tertiary/aromatic N) is 3. The molecule has 0 N–H and O–H groups in total. The van der Waals surface area contributed by atoms with E-state index in [1.807, 2.05) is 39.1 Å². The molecule has 0 aliphatic heterocycles. The molecular weight excluding hydrogens is 318 g/mol. The molecule has 0 unspecified atom stereocenters. The second-order valence-corrected chi connectivity index (χ2v) is 6.13. The fraction of sp³-hybridized carbons (Fsp3) is 0.316. The van der Waals surface area contributed by atoms with Gasteiger partial charge in [-0.15, -0.1) is 0 Å². The predicted molar refractivity (Wildman–Crippen MR) is 93.1 cm³/mol. The van der Waals surface area contributed by atoms with E-state index in [0.29, 0.717) is 18.5 Å². The highest BCUT2D eigenvalue weighted by Crippen LogP contribution is 2.20. The maximum absolute atomic E-state index is 12.5. The van der Waals surface area contributed by atoms with Gasteiger partial charge in [-0.3, -0.25) is 9.48 Å². The fourth-order valence-electron chi connectivity index (χ4n) is 2.75. The lowest BCUT2D eigenvalue weighted by Crippen LogP contribution is -2.04. The first-order valence-corrected chi connectivity index (χ1v) is 8.09. The van der Waals surface area contributed by atoms with Gasteiger partial charge in [0.05, 0.1) is 25.5 Å². The summed E-state index contributed by atoms with van der Waals surface area (Å²) in [6.45, 7) is 6.32. The second-order valence-electron chi connectivity index (χ2n) is 6.13. The van der Waals surface area contributed by atoms with Gasteiger partial charge in [0.25, 0.3) is 0 Å². The molecule has 130 valence electrons. The van der Waals surface area contributed by atoms with Crippen molar-refractivity contribution in [2.45, 2.75) is 33.7 Å². The van der Waals surface area contributed by atoms with Gasteiger partial charge in [-0.2, -0.15) is 5.10 Å². The summed E-state index contributed by atoms with van der Waals surface area (Å²) < 4.78 is 12.3. The van der Waals surface area contributed by atoms with Crippen LogP contribution in [0.2, 0.25) is 0 Å². The molecule has 2 heterocycles. The van der Waals surface area contributed by atoms with E-state index in [-0.39, 0.29) is 5.78 Å². The van der Waals surface area contributed by atoms with E-state index in [1.54, 1.807) is 24.1 Å². The molecule has 0 aliphatic rings. The summed E-state index contributed by atoms with van der Waals surface area (Å²) in [6.07, 6.45) is 3.91. The van der Waals surface area contributed by atoms with Gasteiger partial charge in [0.1, 0.15) is 11.5 Å². The molecule has 6 nitrogen and oxygen atoms in total. The topological polar surface area (TPSA) is 70.2 Å². The van der Waals surface area contributed by atoms with E-state index in [1.165, 1.54) is 0 Å². The van der Waals surface area contributed by atoms with E-state index in [9.17, 15) is 4.79 Å². The molecule has 0 fully saturated rings. The molecule has 2 aromatic heterocycles. The van der Waals surface area contributed by atoms with Gasteiger partial charge < -0.3 is 9.26 Å². The first-order chi connectivity index (χ1) is 12.0. The van der Waals surface area contributed by atoms with Gasteiger partial charge in [0, 0.05) is 23.7 Å². The van der Waals surface area contributed by atoms with Gasteiger partial charge in [-0.05, 0) is 38.0 Å². The normalized spacial score (nSPS) is 10.9. The lowest BCUT2D eigenvalue weighted by molar-refractivity contribution is 0.0992. The van der Waals surface area contributed by atoms with Gasteiger partial charge >= 0.3 is 0 Å². The van der Waals surface area contributed by atoms with Crippen molar-refractivity contribution in [2.24, 2.45) is 0 Å². The van der Waals surface area contributed by atoms with Crippen molar-refractivity contribution in [3.63, 3.8) is 0 Å². The third-order valence-corrected chi connectivity index (χ3v) is 4.28. The molecule has 0 aliphatic carbocycles. The highest BCUT2D eigenvalue weighted by molar-refractivity contribution is 5.97. The number of ether oxygens (including phenoxy) is 1. The number of ketones is 1. The highest BCUT2D eigenvalue weighted by Gasteiger charge is 2.13. The molecule has 0 amide bonds. The summed E-state index contributed by atoms with van der Waals surface area (Å²) in [4.78, 5) is 12.5. The summed E-state index contributed by atoms with van der Waals surface area (Å²) in [5, 5.41) is 8.29. The van der Waals surface area contributed by atoms with Crippen LogP contribution in [0.25, 0.3) is 0 Å². The minimum absolute atomic E-state index is 0.0372. The van der Waals surface area contributed by atoms with Crippen LogP contribution in [0, 0.1) is 20.8 Å². The number of aromatic nitrogens is 3. The van der Waals surface area contributed by atoms with E-state index in [0.717, 1.165) is 33.9 Å². The number of carbonyl (C=O) groups is 1. The Morgan fingerprint density at radius 1 is 1.28 bits per heavy atom. The molecule has 0 atom stereocenters. The molecule has 0 bridgehead atoms. The van der Waals surface area contributed by atoms with Crippen molar-refractivity contribution in [3.8, 4) is 5.75 Å². The number of hydrogen-bond donors (Lipinski definition) is 0. The zero-order valence-electron chi connectivity index (χ0n) is 14.9. The van der Waals surface area contributed by atoms with E-state index < -0.39 is 0 Å². The van der Waals surface area contributed by atoms with Crippen LogP contribution in [0.3, 0.4) is 0 Å². The Bertz CT molecular complexity index is 889. The van der Waals surface area contributed by atoms with Crippen LogP contribution in [-0.2, 0) is 13.0 Å². The summed E-state index contributed by atoms with van der Waals surface area (Å²) >= 11 is 0.